The van der Waals surface area contributed by atoms with E-state index in [1.54, 1.807) is 6.92 Å². The average Bonchev–Trinajstić information content (AvgIpc) is 2.74. The second-order valence-corrected chi connectivity index (χ2v) is 10.2. The van der Waals surface area contributed by atoms with Crippen LogP contribution in [0.25, 0.3) is 0 Å². The Balaban J connectivity index is 1.74. The van der Waals surface area contributed by atoms with Gasteiger partial charge in [0.2, 0.25) is 0 Å². The lowest BCUT2D eigenvalue weighted by atomic mass is 9.41. The second kappa shape index (κ2) is 5.35. The summed E-state index contributed by atoms with van der Waals surface area (Å²) in [5.74, 6) is 2.12. The number of esters is 1. The van der Waals surface area contributed by atoms with Gasteiger partial charge in [0.1, 0.15) is 0 Å². The number of hydrogen-bond donors (Lipinski definition) is 0. The van der Waals surface area contributed by atoms with Crippen LogP contribution in [0.2, 0.25) is 0 Å². The van der Waals surface area contributed by atoms with Crippen molar-refractivity contribution >= 4 is 5.97 Å². The molecule has 4 rings (SSSR count). The van der Waals surface area contributed by atoms with Crippen molar-refractivity contribution in [2.45, 2.75) is 78.6 Å². The predicted octanol–water partition coefficient (Wildman–Crippen LogP) is 5.52. The fourth-order valence-electron chi connectivity index (χ4n) is 7.85. The number of fused-ring (bicyclic) bond motifs is 3. The minimum Gasteiger partial charge on any atom is -0.465 e. The van der Waals surface area contributed by atoms with E-state index in [1.165, 1.54) is 63.4 Å². The maximum Gasteiger partial charge on any atom is 0.302 e. The van der Waals surface area contributed by atoms with Crippen LogP contribution in [0.1, 0.15) is 78.6 Å². The normalized spacial score (nSPS) is 46.1. The summed E-state index contributed by atoms with van der Waals surface area (Å²) in [7, 11) is 0. The van der Waals surface area contributed by atoms with Gasteiger partial charge in [-0.1, -0.05) is 32.4 Å². The Labute approximate surface area is 147 Å². The van der Waals surface area contributed by atoms with Gasteiger partial charge in [-0.2, -0.15) is 0 Å². The Morgan fingerprint density at radius 2 is 1.96 bits per heavy atom. The van der Waals surface area contributed by atoms with Gasteiger partial charge in [0.05, 0.1) is 6.61 Å². The summed E-state index contributed by atoms with van der Waals surface area (Å²) in [6.45, 7) is 11.6. The van der Waals surface area contributed by atoms with Crippen molar-refractivity contribution in [1.29, 1.82) is 0 Å². The monoisotopic (exact) mass is 330 g/mol. The van der Waals surface area contributed by atoms with E-state index < -0.39 is 0 Å². The highest BCUT2D eigenvalue weighted by molar-refractivity contribution is 5.65. The molecule has 0 amide bonds. The fourth-order valence-corrected chi connectivity index (χ4v) is 7.85. The van der Waals surface area contributed by atoms with Crippen LogP contribution in [0.4, 0.5) is 0 Å². The van der Waals surface area contributed by atoms with Gasteiger partial charge in [0.25, 0.3) is 0 Å². The Bertz CT molecular complexity index is 562. The molecule has 134 valence electrons. The van der Waals surface area contributed by atoms with E-state index in [-0.39, 0.29) is 11.4 Å². The molecule has 4 saturated carbocycles. The molecule has 0 N–H and O–H groups in total. The van der Waals surface area contributed by atoms with E-state index in [0.29, 0.717) is 23.4 Å². The highest BCUT2D eigenvalue weighted by Crippen LogP contribution is 2.72. The molecule has 2 nitrogen and oxygen atoms in total. The topological polar surface area (TPSA) is 26.3 Å². The number of hydrogen-bond acceptors (Lipinski definition) is 2. The minimum absolute atomic E-state index is 0.101. The molecule has 4 aliphatic carbocycles. The maximum absolute atomic E-state index is 11.7. The summed E-state index contributed by atoms with van der Waals surface area (Å²) in [4.78, 5) is 11.7. The first-order valence-electron chi connectivity index (χ1n) is 10.1. The first-order valence-corrected chi connectivity index (χ1v) is 10.1. The number of carbonyl (C=O) groups excluding carboxylic acids is 1. The molecule has 5 atom stereocenters. The van der Waals surface area contributed by atoms with Gasteiger partial charge in [-0.15, -0.1) is 0 Å². The van der Waals surface area contributed by atoms with E-state index in [9.17, 15) is 4.79 Å². The molecular formula is C22H34O2. The molecule has 4 fully saturated rings. The van der Waals surface area contributed by atoms with Crippen LogP contribution in [0.5, 0.6) is 0 Å². The van der Waals surface area contributed by atoms with Gasteiger partial charge in [-0.3, -0.25) is 4.79 Å². The number of ether oxygens (including phenoxy) is 1. The van der Waals surface area contributed by atoms with Crippen molar-refractivity contribution < 1.29 is 9.53 Å². The zero-order valence-corrected chi connectivity index (χ0v) is 15.8. The van der Waals surface area contributed by atoms with Crippen LogP contribution in [-0.2, 0) is 9.53 Å². The van der Waals surface area contributed by atoms with Crippen molar-refractivity contribution in [3.63, 3.8) is 0 Å². The molecule has 0 heterocycles. The molecule has 0 aromatic heterocycles. The quantitative estimate of drug-likeness (QED) is 0.492. The molecule has 0 saturated heterocycles. The van der Waals surface area contributed by atoms with E-state index in [4.69, 9.17) is 4.74 Å². The van der Waals surface area contributed by atoms with E-state index in [1.807, 2.05) is 0 Å². The highest BCUT2D eigenvalue weighted by Gasteiger charge is 2.65. The third-order valence-corrected chi connectivity index (χ3v) is 8.62. The Morgan fingerprint density at radius 3 is 2.71 bits per heavy atom. The maximum atomic E-state index is 11.7. The Morgan fingerprint density at radius 1 is 1.17 bits per heavy atom. The van der Waals surface area contributed by atoms with Crippen molar-refractivity contribution in [2.24, 2.45) is 34.0 Å². The molecule has 0 unspecified atom stereocenters. The number of allylic oxidation sites excluding steroid dienone is 1. The first-order chi connectivity index (χ1) is 11.3. The molecule has 4 aliphatic rings. The lowest BCUT2D eigenvalue weighted by Crippen LogP contribution is -2.59. The van der Waals surface area contributed by atoms with E-state index in [2.05, 4.69) is 20.4 Å². The van der Waals surface area contributed by atoms with Crippen LogP contribution < -0.4 is 0 Å². The zero-order chi connectivity index (χ0) is 17.2. The Hall–Kier alpha value is -0.790. The van der Waals surface area contributed by atoms with E-state index in [0.717, 1.165) is 11.8 Å². The molecular weight excluding hydrogens is 296 g/mol. The van der Waals surface area contributed by atoms with Crippen molar-refractivity contribution in [1.82, 2.24) is 0 Å². The summed E-state index contributed by atoms with van der Waals surface area (Å²) in [5.41, 5.74) is 2.60. The fraction of sp³-hybridized carbons (Fsp3) is 0.864. The van der Waals surface area contributed by atoms with Gasteiger partial charge < -0.3 is 4.74 Å². The third-order valence-electron chi connectivity index (χ3n) is 8.62. The van der Waals surface area contributed by atoms with Gasteiger partial charge in [-0.05, 0) is 80.0 Å². The van der Waals surface area contributed by atoms with Gasteiger partial charge >= 0.3 is 5.97 Å². The lowest BCUT2D eigenvalue weighted by Gasteiger charge is -2.64. The number of carbonyl (C=O) groups is 1. The molecule has 0 aromatic rings. The molecule has 1 spiro atoms. The summed E-state index contributed by atoms with van der Waals surface area (Å²) in [5, 5.41) is 0. The van der Waals surface area contributed by atoms with Gasteiger partial charge in [0, 0.05) is 12.3 Å². The molecule has 2 bridgehead atoms. The van der Waals surface area contributed by atoms with Crippen LogP contribution in [-0.4, -0.2) is 12.6 Å². The van der Waals surface area contributed by atoms with Crippen LogP contribution in [0.15, 0.2) is 12.2 Å². The highest BCUT2D eigenvalue weighted by atomic mass is 16.5. The average molecular weight is 331 g/mol. The molecule has 0 radical (unpaired) electrons. The van der Waals surface area contributed by atoms with E-state index >= 15 is 0 Å². The summed E-state index contributed by atoms with van der Waals surface area (Å²) < 4.78 is 5.75. The standard InChI is InChI=1S/C22H34O2/c1-15-12-21-11-8-18-20(3,4)9-5-10-22(18,14-24-16(2)23)19(21)7-6-17(15)13-21/h17-19H,1,5-14H2,2-4H3/t17-,18-,19+,21+,22-/m0/s1. The SMILES string of the molecule is C=C1C[C@@]23CC[C@H]4C(C)(C)CCC[C@@]4(COC(C)=O)[C@@H]2CC[C@H]1C3. The molecule has 0 aliphatic heterocycles. The zero-order valence-electron chi connectivity index (χ0n) is 15.8. The smallest absolute Gasteiger partial charge is 0.302 e. The van der Waals surface area contributed by atoms with Gasteiger partial charge in [-0.25, -0.2) is 0 Å². The lowest BCUT2D eigenvalue weighted by molar-refractivity contribution is -0.188. The van der Waals surface area contributed by atoms with Crippen molar-refractivity contribution in [2.75, 3.05) is 6.61 Å². The molecule has 0 aromatic carbocycles. The first kappa shape index (κ1) is 16.7. The Kier molecular flexibility index (Phi) is 3.72. The largest absolute Gasteiger partial charge is 0.465 e. The number of rotatable bonds is 2. The minimum atomic E-state index is -0.101. The third kappa shape index (κ3) is 2.24. The molecule has 24 heavy (non-hydrogen) atoms. The summed E-state index contributed by atoms with van der Waals surface area (Å²) >= 11 is 0. The molecule has 2 heteroatoms. The van der Waals surface area contributed by atoms with Crippen LogP contribution in [0.3, 0.4) is 0 Å². The second-order valence-electron chi connectivity index (χ2n) is 10.2. The van der Waals surface area contributed by atoms with Gasteiger partial charge in [0.15, 0.2) is 0 Å². The summed E-state index contributed by atoms with van der Waals surface area (Å²) in [6, 6.07) is 0. The predicted molar refractivity (Wildman–Crippen MR) is 96.4 cm³/mol. The van der Waals surface area contributed by atoms with Crippen LogP contribution in [0, 0.1) is 34.0 Å². The van der Waals surface area contributed by atoms with Crippen molar-refractivity contribution in [3.05, 3.63) is 12.2 Å². The van der Waals surface area contributed by atoms with Crippen LogP contribution >= 0.6 is 0 Å². The van der Waals surface area contributed by atoms with Crippen molar-refractivity contribution in [3.8, 4) is 0 Å². The summed E-state index contributed by atoms with van der Waals surface area (Å²) in [6.07, 6.45) is 11.8.